The molecule has 2 aromatic carbocycles. The monoisotopic (exact) mass is 369 g/mol. The van der Waals surface area contributed by atoms with Crippen LogP contribution >= 0.6 is 0 Å². The van der Waals surface area contributed by atoms with E-state index < -0.39 is 5.97 Å². The van der Waals surface area contributed by atoms with E-state index in [2.05, 4.69) is 23.1 Å². The van der Waals surface area contributed by atoms with Gasteiger partial charge < -0.3 is 14.6 Å². The SMILES string of the molecule is CCOc1ccc(C(c2ccccc2OC)N2CCC(C(=O)O)CC2)cc1. The van der Waals surface area contributed by atoms with Crippen molar-refractivity contribution in [3.8, 4) is 11.5 Å². The van der Waals surface area contributed by atoms with Gasteiger partial charge in [0.1, 0.15) is 11.5 Å². The third-order valence-corrected chi connectivity index (χ3v) is 5.18. The fraction of sp³-hybridized carbons (Fsp3) is 0.409. The first-order valence-corrected chi connectivity index (χ1v) is 9.46. The summed E-state index contributed by atoms with van der Waals surface area (Å²) in [6, 6.07) is 16.2. The molecule has 1 heterocycles. The van der Waals surface area contributed by atoms with Gasteiger partial charge >= 0.3 is 5.97 Å². The summed E-state index contributed by atoms with van der Waals surface area (Å²) in [5.74, 6) is 0.755. The number of methoxy groups -OCH3 is 1. The van der Waals surface area contributed by atoms with Crippen molar-refractivity contribution >= 4 is 5.97 Å². The Hall–Kier alpha value is -2.53. The zero-order valence-electron chi connectivity index (χ0n) is 15.9. The number of carboxylic acids is 1. The lowest BCUT2D eigenvalue weighted by Crippen LogP contribution is -2.39. The molecule has 0 saturated carbocycles. The number of likely N-dealkylation sites (tertiary alicyclic amines) is 1. The van der Waals surface area contributed by atoms with E-state index in [9.17, 15) is 9.90 Å². The minimum atomic E-state index is -0.690. The van der Waals surface area contributed by atoms with E-state index in [1.165, 1.54) is 0 Å². The van der Waals surface area contributed by atoms with Crippen molar-refractivity contribution in [3.05, 3.63) is 59.7 Å². The third-order valence-electron chi connectivity index (χ3n) is 5.18. The van der Waals surface area contributed by atoms with Gasteiger partial charge in [0.2, 0.25) is 0 Å². The van der Waals surface area contributed by atoms with Crippen LogP contribution in [0.15, 0.2) is 48.5 Å². The average Bonchev–Trinajstić information content (AvgIpc) is 2.70. The van der Waals surface area contributed by atoms with Crippen molar-refractivity contribution in [1.29, 1.82) is 0 Å². The third kappa shape index (κ3) is 4.42. The van der Waals surface area contributed by atoms with Crippen molar-refractivity contribution in [1.82, 2.24) is 4.90 Å². The minimum Gasteiger partial charge on any atom is -0.496 e. The molecular weight excluding hydrogens is 342 g/mol. The van der Waals surface area contributed by atoms with Gasteiger partial charge in [-0.2, -0.15) is 0 Å². The number of carbonyl (C=O) groups is 1. The van der Waals surface area contributed by atoms with Crippen LogP contribution < -0.4 is 9.47 Å². The molecule has 0 radical (unpaired) electrons. The van der Waals surface area contributed by atoms with Crippen molar-refractivity contribution in [2.75, 3.05) is 26.8 Å². The molecule has 0 bridgehead atoms. The number of benzene rings is 2. The molecule has 1 unspecified atom stereocenters. The number of ether oxygens (including phenoxy) is 2. The zero-order valence-corrected chi connectivity index (χ0v) is 15.9. The largest absolute Gasteiger partial charge is 0.496 e. The Morgan fingerprint density at radius 1 is 1.15 bits per heavy atom. The maximum atomic E-state index is 11.3. The molecule has 0 aliphatic carbocycles. The molecule has 3 rings (SSSR count). The van der Waals surface area contributed by atoms with Crippen molar-refractivity contribution in [2.24, 2.45) is 5.92 Å². The van der Waals surface area contributed by atoms with E-state index in [0.717, 1.165) is 35.7 Å². The van der Waals surface area contributed by atoms with Crippen LogP contribution in [0.25, 0.3) is 0 Å². The first-order valence-electron chi connectivity index (χ1n) is 9.46. The van der Waals surface area contributed by atoms with E-state index in [4.69, 9.17) is 9.47 Å². The van der Waals surface area contributed by atoms with Crippen LogP contribution in [0, 0.1) is 5.92 Å². The maximum Gasteiger partial charge on any atom is 0.306 e. The lowest BCUT2D eigenvalue weighted by Gasteiger charge is -2.37. The Balaban J connectivity index is 1.93. The van der Waals surface area contributed by atoms with Gasteiger partial charge in [-0.15, -0.1) is 0 Å². The number of rotatable bonds is 7. The molecule has 144 valence electrons. The molecule has 27 heavy (non-hydrogen) atoms. The van der Waals surface area contributed by atoms with Crippen molar-refractivity contribution in [3.63, 3.8) is 0 Å². The Morgan fingerprint density at radius 2 is 1.81 bits per heavy atom. The summed E-state index contributed by atoms with van der Waals surface area (Å²) in [6.07, 6.45) is 1.33. The lowest BCUT2D eigenvalue weighted by atomic mass is 9.91. The molecule has 1 saturated heterocycles. The van der Waals surface area contributed by atoms with E-state index in [1.807, 2.05) is 37.3 Å². The molecule has 0 spiro atoms. The Kier molecular flexibility index (Phi) is 6.35. The van der Waals surface area contributed by atoms with Gasteiger partial charge in [-0.1, -0.05) is 30.3 Å². The topological polar surface area (TPSA) is 59.0 Å². The number of carboxylic acid groups (broad SMARTS) is 1. The summed E-state index contributed by atoms with van der Waals surface area (Å²) in [4.78, 5) is 13.7. The summed E-state index contributed by atoms with van der Waals surface area (Å²) < 4.78 is 11.2. The van der Waals surface area contributed by atoms with E-state index in [0.29, 0.717) is 19.4 Å². The second kappa shape index (κ2) is 8.91. The lowest BCUT2D eigenvalue weighted by molar-refractivity contribution is -0.143. The number of hydrogen-bond acceptors (Lipinski definition) is 4. The number of hydrogen-bond donors (Lipinski definition) is 1. The van der Waals surface area contributed by atoms with Gasteiger partial charge in [-0.3, -0.25) is 9.69 Å². The normalized spacial score (nSPS) is 16.7. The van der Waals surface area contributed by atoms with Gasteiger partial charge in [-0.25, -0.2) is 0 Å². The van der Waals surface area contributed by atoms with Crippen LogP contribution in [0.3, 0.4) is 0 Å². The van der Waals surface area contributed by atoms with Crippen LogP contribution in [-0.2, 0) is 4.79 Å². The summed E-state index contributed by atoms with van der Waals surface area (Å²) >= 11 is 0. The number of para-hydroxylation sites is 1. The van der Waals surface area contributed by atoms with Gasteiger partial charge in [0, 0.05) is 5.56 Å². The molecule has 0 aromatic heterocycles. The fourth-order valence-corrected chi connectivity index (χ4v) is 3.80. The predicted molar refractivity (Wildman–Crippen MR) is 104 cm³/mol. The Labute approximate surface area is 160 Å². The van der Waals surface area contributed by atoms with Crippen molar-refractivity contribution < 1.29 is 19.4 Å². The highest BCUT2D eigenvalue weighted by molar-refractivity contribution is 5.70. The predicted octanol–water partition coefficient (Wildman–Crippen LogP) is 3.98. The standard InChI is InChI=1S/C22H27NO4/c1-3-27-18-10-8-16(9-11-18)21(19-6-4-5-7-20(19)26-2)23-14-12-17(13-15-23)22(24)25/h4-11,17,21H,3,12-15H2,1-2H3,(H,24,25). The van der Waals surface area contributed by atoms with E-state index >= 15 is 0 Å². The molecule has 1 aliphatic heterocycles. The molecule has 5 heteroatoms. The van der Waals surface area contributed by atoms with Crippen LogP contribution in [-0.4, -0.2) is 42.8 Å². The van der Waals surface area contributed by atoms with Crippen LogP contribution in [0.4, 0.5) is 0 Å². The summed E-state index contributed by atoms with van der Waals surface area (Å²) in [6.45, 7) is 4.09. The Morgan fingerprint density at radius 3 is 2.41 bits per heavy atom. The van der Waals surface area contributed by atoms with Gasteiger partial charge in [0.15, 0.2) is 0 Å². The summed E-state index contributed by atoms with van der Waals surface area (Å²) in [7, 11) is 1.69. The van der Waals surface area contributed by atoms with Crippen LogP contribution in [0.5, 0.6) is 11.5 Å². The Bertz CT molecular complexity index is 751. The van der Waals surface area contributed by atoms with Gasteiger partial charge in [0.05, 0.1) is 25.7 Å². The molecule has 5 nitrogen and oxygen atoms in total. The van der Waals surface area contributed by atoms with Gasteiger partial charge in [-0.05, 0) is 56.6 Å². The first kappa shape index (κ1) is 19.2. The van der Waals surface area contributed by atoms with Crippen LogP contribution in [0.1, 0.15) is 36.9 Å². The molecule has 1 fully saturated rings. The highest BCUT2D eigenvalue weighted by atomic mass is 16.5. The second-order valence-corrected chi connectivity index (χ2v) is 6.80. The maximum absolute atomic E-state index is 11.3. The van der Waals surface area contributed by atoms with Crippen LogP contribution in [0.2, 0.25) is 0 Å². The smallest absolute Gasteiger partial charge is 0.306 e. The number of piperidine rings is 1. The molecular formula is C22H27NO4. The van der Waals surface area contributed by atoms with Crippen molar-refractivity contribution in [2.45, 2.75) is 25.8 Å². The average molecular weight is 369 g/mol. The number of nitrogens with zero attached hydrogens (tertiary/aromatic N) is 1. The second-order valence-electron chi connectivity index (χ2n) is 6.80. The molecule has 2 aromatic rings. The molecule has 0 amide bonds. The van der Waals surface area contributed by atoms with Gasteiger partial charge in [0.25, 0.3) is 0 Å². The summed E-state index contributed by atoms with van der Waals surface area (Å²) in [5.41, 5.74) is 2.25. The number of aliphatic carboxylic acids is 1. The molecule has 1 N–H and O–H groups in total. The van der Waals surface area contributed by atoms with E-state index in [-0.39, 0.29) is 12.0 Å². The summed E-state index contributed by atoms with van der Waals surface area (Å²) in [5, 5.41) is 9.31. The quantitative estimate of drug-likeness (QED) is 0.800. The van der Waals surface area contributed by atoms with E-state index in [1.54, 1.807) is 7.11 Å². The minimum absolute atomic E-state index is 0.0200. The highest BCUT2D eigenvalue weighted by Crippen LogP contribution is 2.37. The highest BCUT2D eigenvalue weighted by Gasteiger charge is 2.31. The fourth-order valence-electron chi connectivity index (χ4n) is 3.80. The molecule has 1 aliphatic rings. The molecule has 1 atom stereocenters. The first-order chi connectivity index (χ1) is 13.1. The zero-order chi connectivity index (χ0) is 19.2.